The lowest BCUT2D eigenvalue weighted by Crippen LogP contribution is -2.13. The first-order chi connectivity index (χ1) is 11.6. The van der Waals surface area contributed by atoms with Crippen LogP contribution < -0.4 is 11.1 Å². The van der Waals surface area contributed by atoms with Gasteiger partial charge >= 0.3 is 0 Å². The van der Waals surface area contributed by atoms with E-state index in [0.717, 1.165) is 16.9 Å². The lowest BCUT2D eigenvalue weighted by Gasteiger charge is -2.05. The van der Waals surface area contributed by atoms with Gasteiger partial charge in [-0.15, -0.1) is 0 Å². The highest BCUT2D eigenvalue weighted by Crippen LogP contribution is 2.13. The number of hydrogen-bond donors (Lipinski definition) is 3. The summed E-state index contributed by atoms with van der Waals surface area (Å²) in [5, 5.41) is 2.80. The van der Waals surface area contributed by atoms with E-state index in [-0.39, 0.29) is 5.91 Å². The molecule has 0 bridgehead atoms. The van der Waals surface area contributed by atoms with Crippen LogP contribution >= 0.6 is 0 Å². The molecule has 6 heteroatoms. The van der Waals surface area contributed by atoms with Gasteiger partial charge < -0.3 is 16.0 Å². The first kappa shape index (κ1) is 15.7. The van der Waals surface area contributed by atoms with E-state index in [0.29, 0.717) is 30.5 Å². The van der Waals surface area contributed by atoms with Crippen LogP contribution in [0.2, 0.25) is 0 Å². The number of anilines is 1. The van der Waals surface area contributed by atoms with Gasteiger partial charge in [0.15, 0.2) is 0 Å². The number of primary amides is 1. The monoisotopic (exact) mass is 322 g/mol. The number of nitrogens with one attached hydrogen (secondary N) is 2. The standard InChI is InChI=1S/C18H18N4O2/c19-18(24)12-8-10-13(11-9-12)20-17(23)7-3-6-16-21-14-4-1-2-5-15(14)22-16/h1-2,4-5,8-11H,3,6-7H2,(H2,19,24)(H,20,23)(H,21,22). The van der Waals surface area contributed by atoms with Crippen LogP contribution in [0.5, 0.6) is 0 Å². The van der Waals surface area contributed by atoms with Crippen LogP contribution in [0.4, 0.5) is 5.69 Å². The third-order valence-electron chi connectivity index (χ3n) is 3.71. The van der Waals surface area contributed by atoms with E-state index in [1.165, 1.54) is 0 Å². The zero-order chi connectivity index (χ0) is 16.9. The third-order valence-corrected chi connectivity index (χ3v) is 3.71. The van der Waals surface area contributed by atoms with Crippen LogP contribution in [-0.4, -0.2) is 21.8 Å². The SMILES string of the molecule is NC(=O)c1ccc(NC(=O)CCCc2nc3ccccc3[nH]2)cc1. The Morgan fingerprint density at radius 2 is 1.83 bits per heavy atom. The van der Waals surface area contributed by atoms with E-state index < -0.39 is 5.91 Å². The molecule has 4 N–H and O–H groups in total. The number of hydrogen-bond acceptors (Lipinski definition) is 3. The minimum atomic E-state index is -0.487. The van der Waals surface area contributed by atoms with E-state index in [2.05, 4.69) is 15.3 Å². The summed E-state index contributed by atoms with van der Waals surface area (Å²) in [6.45, 7) is 0. The second-order valence-electron chi connectivity index (χ2n) is 5.54. The molecule has 6 nitrogen and oxygen atoms in total. The Kier molecular flexibility index (Phi) is 4.56. The van der Waals surface area contributed by atoms with Gasteiger partial charge in [0.05, 0.1) is 11.0 Å². The summed E-state index contributed by atoms with van der Waals surface area (Å²) in [6, 6.07) is 14.4. The second-order valence-corrected chi connectivity index (χ2v) is 5.54. The van der Waals surface area contributed by atoms with E-state index in [4.69, 9.17) is 5.73 Å². The summed E-state index contributed by atoms with van der Waals surface area (Å²) in [5.41, 5.74) is 8.18. The molecule has 0 aliphatic rings. The molecule has 0 aliphatic carbocycles. The molecule has 0 radical (unpaired) electrons. The molecule has 24 heavy (non-hydrogen) atoms. The summed E-state index contributed by atoms with van der Waals surface area (Å²) in [6.07, 6.45) is 1.81. The highest BCUT2D eigenvalue weighted by molar-refractivity contribution is 5.94. The Hall–Kier alpha value is -3.15. The maximum absolute atomic E-state index is 12.0. The number of benzene rings is 2. The van der Waals surface area contributed by atoms with E-state index in [1.54, 1.807) is 24.3 Å². The fourth-order valence-electron chi connectivity index (χ4n) is 2.48. The molecule has 122 valence electrons. The minimum absolute atomic E-state index is 0.0714. The summed E-state index contributed by atoms with van der Waals surface area (Å²) in [7, 11) is 0. The van der Waals surface area contributed by atoms with Gasteiger partial charge in [-0.2, -0.15) is 0 Å². The lowest BCUT2D eigenvalue weighted by molar-refractivity contribution is -0.116. The van der Waals surface area contributed by atoms with Gasteiger partial charge in [0.1, 0.15) is 5.82 Å². The number of fused-ring (bicyclic) bond motifs is 1. The maximum Gasteiger partial charge on any atom is 0.248 e. The number of rotatable bonds is 6. The molecule has 3 aromatic rings. The Labute approximate surface area is 139 Å². The quantitative estimate of drug-likeness (QED) is 0.650. The van der Waals surface area contributed by atoms with Crippen LogP contribution in [0.3, 0.4) is 0 Å². The van der Waals surface area contributed by atoms with Gasteiger partial charge in [0.25, 0.3) is 0 Å². The number of nitrogens with zero attached hydrogens (tertiary/aromatic N) is 1. The van der Waals surface area contributed by atoms with Crippen LogP contribution in [-0.2, 0) is 11.2 Å². The number of aromatic amines is 1. The molecular formula is C18H18N4O2. The van der Waals surface area contributed by atoms with Gasteiger partial charge in [-0.25, -0.2) is 4.98 Å². The number of amides is 2. The Morgan fingerprint density at radius 1 is 1.08 bits per heavy atom. The average molecular weight is 322 g/mol. The van der Waals surface area contributed by atoms with Gasteiger partial charge in [0.2, 0.25) is 11.8 Å². The Bertz CT molecular complexity index is 835. The third kappa shape index (κ3) is 3.78. The topological polar surface area (TPSA) is 101 Å². The number of nitrogens with two attached hydrogens (primary N) is 1. The molecular weight excluding hydrogens is 304 g/mol. The highest BCUT2D eigenvalue weighted by atomic mass is 16.1. The van der Waals surface area contributed by atoms with Crippen molar-refractivity contribution in [2.75, 3.05) is 5.32 Å². The number of carbonyl (C=O) groups is 2. The Morgan fingerprint density at radius 3 is 2.54 bits per heavy atom. The molecule has 0 saturated heterocycles. The number of aromatic nitrogens is 2. The zero-order valence-electron chi connectivity index (χ0n) is 13.1. The molecule has 0 aliphatic heterocycles. The number of aryl methyl sites for hydroxylation is 1. The normalized spacial score (nSPS) is 10.7. The predicted octanol–water partition coefficient (Wildman–Crippen LogP) is 2.62. The van der Waals surface area contributed by atoms with Gasteiger partial charge in [-0.1, -0.05) is 12.1 Å². The van der Waals surface area contributed by atoms with Crippen LogP contribution in [0, 0.1) is 0 Å². The molecule has 0 fully saturated rings. The van der Waals surface area contributed by atoms with Crippen molar-refractivity contribution < 1.29 is 9.59 Å². The summed E-state index contributed by atoms with van der Waals surface area (Å²) >= 11 is 0. The molecule has 1 heterocycles. The fraction of sp³-hybridized carbons (Fsp3) is 0.167. The first-order valence-corrected chi connectivity index (χ1v) is 7.75. The van der Waals surface area contributed by atoms with E-state index >= 15 is 0 Å². The minimum Gasteiger partial charge on any atom is -0.366 e. The first-order valence-electron chi connectivity index (χ1n) is 7.75. The van der Waals surface area contributed by atoms with Crippen molar-refractivity contribution in [1.82, 2.24) is 9.97 Å². The number of H-pyrrole nitrogens is 1. The maximum atomic E-state index is 12.0. The number of imidazole rings is 1. The van der Waals surface area contributed by atoms with Crippen molar-refractivity contribution in [3.8, 4) is 0 Å². The molecule has 0 unspecified atom stereocenters. The van der Waals surface area contributed by atoms with Crippen molar-refractivity contribution in [2.45, 2.75) is 19.3 Å². The van der Waals surface area contributed by atoms with Crippen molar-refractivity contribution in [3.63, 3.8) is 0 Å². The van der Waals surface area contributed by atoms with Crippen LogP contribution in [0.25, 0.3) is 11.0 Å². The summed E-state index contributed by atoms with van der Waals surface area (Å²) in [5.74, 6) is 0.325. The number of para-hydroxylation sites is 2. The zero-order valence-corrected chi connectivity index (χ0v) is 13.1. The highest BCUT2D eigenvalue weighted by Gasteiger charge is 2.06. The van der Waals surface area contributed by atoms with E-state index in [1.807, 2.05) is 24.3 Å². The summed E-state index contributed by atoms with van der Waals surface area (Å²) < 4.78 is 0. The smallest absolute Gasteiger partial charge is 0.248 e. The van der Waals surface area contributed by atoms with E-state index in [9.17, 15) is 9.59 Å². The average Bonchev–Trinajstić information content (AvgIpc) is 2.98. The second kappa shape index (κ2) is 6.95. The van der Waals surface area contributed by atoms with Crippen molar-refractivity contribution in [3.05, 3.63) is 59.9 Å². The van der Waals surface area contributed by atoms with Gasteiger partial charge in [0, 0.05) is 24.1 Å². The molecule has 0 atom stereocenters. The van der Waals surface area contributed by atoms with Crippen LogP contribution in [0.1, 0.15) is 29.0 Å². The van der Waals surface area contributed by atoms with Crippen LogP contribution in [0.15, 0.2) is 48.5 Å². The fourth-order valence-corrected chi connectivity index (χ4v) is 2.48. The molecule has 0 saturated carbocycles. The van der Waals surface area contributed by atoms with Crippen molar-refractivity contribution in [1.29, 1.82) is 0 Å². The van der Waals surface area contributed by atoms with Crippen molar-refractivity contribution >= 4 is 28.5 Å². The largest absolute Gasteiger partial charge is 0.366 e. The molecule has 2 amide bonds. The van der Waals surface area contributed by atoms with Gasteiger partial charge in [-0.05, 0) is 42.8 Å². The number of carbonyl (C=O) groups excluding carboxylic acids is 2. The van der Waals surface area contributed by atoms with Gasteiger partial charge in [-0.3, -0.25) is 9.59 Å². The molecule has 3 rings (SSSR count). The Balaban J connectivity index is 1.49. The summed E-state index contributed by atoms with van der Waals surface area (Å²) in [4.78, 5) is 30.7. The van der Waals surface area contributed by atoms with Crippen molar-refractivity contribution in [2.24, 2.45) is 5.73 Å². The molecule has 2 aromatic carbocycles. The predicted molar refractivity (Wildman–Crippen MR) is 92.6 cm³/mol. The molecule has 0 spiro atoms. The lowest BCUT2D eigenvalue weighted by atomic mass is 10.2. The molecule has 1 aromatic heterocycles.